The first kappa shape index (κ1) is 13.4. The van der Waals surface area contributed by atoms with E-state index in [2.05, 4.69) is 40.3 Å². The first-order valence-corrected chi connectivity index (χ1v) is 8.28. The van der Waals surface area contributed by atoms with Gasteiger partial charge in [-0.05, 0) is 49.3 Å². The van der Waals surface area contributed by atoms with Crippen molar-refractivity contribution in [2.24, 2.45) is 5.92 Å². The van der Waals surface area contributed by atoms with Crippen LogP contribution in [0.4, 0.5) is 0 Å². The predicted molar refractivity (Wildman–Crippen MR) is 85.3 cm³/mol. The number of aromatic nitrogens is 1. The number of nitrogens with one attached hydrogen (secondary N) is 1. The highest BCUT2D eigenvalue weighted by atomic mass is 16.5. The van der Waals surface area contributed by atoms with Gasteiger partial charge in [-0.25, -0.2) is 0 Å². The highest BCUT2D eigenvalue weighted by Crippen LogP contribution is 2.25. The summed E-state index contributed by atoms with van der Waals surface area (Å²) in [5.74, 6) is 0.766. The molecule has 0 unspecified atom stereocenters. The quantitative estimate of drug-likeness (QED) is 0.911. The second kappa shape index (κ2) is 5.82. The van der Waals surface area contributed by atoms with E-state index in [4.69, 9.17) is 4.74 Å². The first-order chi connectivity index (χ1) is 10.4. The lowest BCUT2D eigenvalue weighted by atomic mass is 10.0. The summed E-state index contributed by atoms with van der Waals surface area (Å²) < 4.78 is 7.90. The summed E-state index contributed by atoms with van der Waals surface area (Å²) in [5.41, 5.74) is 2.82. The molecule has 0 amide bonds. The lowest BCUT2D eigenvalue weighted by molar-refractivity contribution is 0.0616. The number of benzene rings is 1. The van der Waals surface area contributed by atoms with Crippen LogP contribution in [0.5, 0.6) is 0 Å². The van der Waals surface area contributed by atoms with Crippen molar-refractivity contribution < 1.29 is 4.74 Å². The summed E-state index contributed by atoms with van der Waals surface area (Å²) in [5, 5.41) is 5.04. The van der Waals surface area contributed by atoms with Crippen LogP contribution in [0.15, 0.2) is 30.5 Å². The molecule has 1 N–H and O–H groups in total. The van der Waals surface area contributed by atoms with Crippen LogP contribution in [0.2, 0.25) is 0 Å². The van der Waals surface area contributed by atoms with Crippen LogP contribution in [0, 0.1) is 5.92 Å². The normalized spacial score (nSPS) is 20.2. The Balaban J connectivity index is 1.53. The Kier molecular flexibility index (Phi) is 3.70. The molecule has 2 heterocycles. The smallest absolute Gasteiger partial charge is 0.0483 e. The molecule has 112 valence electrons. The van der Waals surface area contributed by atoms with E-state index in [1.807, 2.05) is 0 Å². The average Bonchev–Trinajstić information content (AvgIpc) is 3.27. The van der Waals surface area contributed by atoms with Crippen LogP contribution in [-0.4, -0.2) is 23.8 Å². The Morgan fingerprint density at radius 3 is 2.76 bits per heavy atom. The second-order valence-corrected chi connectivity index (χ2v) is 6.53. The topological polar surface area (TPSA) is 26.2 Å². The molecule has 2 aromatic rings. The molecule has 1 aromatic carbocycles. The highest BCUT2D eigenvalue weighted by molar-refractivity contribution is 5.83. The fraction of sp³-hybridized carbons (Fsp3) is 0.556. The largest absolute Gasteiger partial charge is 0.381 e. The zero-order valence-corrected chi connectivity index (χ0v) is 12.6. The summed E-state index contributed by atoms with van der Waals surface area (Å²) >= 11 is 0. The van der Waals surface area contributed by atoms with E-state index in [-0.39, 0.29) is 0 Å². The van der Waals surface area contributed by atoms with Gasteiger partial charge in [0.15, 0.2) is 0 Å². The molecule has 0 bridgehead atoms. The molecule has 1 aliphatic carbocycles. The van der Waals surface area contributed by atoms with Crippen LogP contribution in [-0.2, 0) is 17.8 Å². The van der Waals surface area contributed by atoms with Crippen molar-refractivity contribution in [1.82, 2.24) is 9.88 Å². The zero-order chi connectivity index (χ0) is 14.1. The minimum absolute atomic E-state index is 0.766. The van der Waals surface area contributed by atoms with Gasteiger partial charge in [-0.15, -0.1) is 0 Å². The van der Waals surface area contributed by atoms with E-state index in [0.717, 1.165) is 38.3 Å². The molecule has 4 rings (SSSR count). The van der Waals surface area contributed by atoms with Gasteiger partial charge in [0, 0.05) is 49.4 Å². The molecule has 3 heteroatoms. The van der Waals surface area contributed by atoms with Gasteiger partial charge in [0.25, 0.3) is 0 Å². The molecule has 0 atom stereocenters. The molecule has 1 aromatic heterocycles. The van der Waals surface area contributed by atoms with Crippen LogP contribution in [0.25, 0.3) is 10.9 Å². The highest BCUT2D eigenvalue weighted by Gasteiger charge is 2.20. The van der Waals surface area contributed by atoms with Gasteiger partial charge in [-0.1, -0.05) is 12.1 Å². The van der Waals surface area contributed by atoms with Gasteiger partial charge in [-0.2, -0.15) is 0 Å². The Hall–Kier alpha value is -1.32. The summed E-state index contributed by atoms with van der Waals surface area (Å²) in [4.78, 5) is 0. The minimum Gasteiger partial charge on any atom is -0.381 e. The standard InChI is InChI=1S/C18H24N2O/c1-2-15(12-19-16-4-5-16)17-6-9-20(18(17)3-1)13-14-7-10-21-11-8-14/h1-3,6,9,14,16,19H,4-5,7-8,10-13H2. The first-order valence-electron chi connectivity index (χ1n) is 8.28. The van der Waals surface area contributed by atoms with Crippen LogP contribution in [0.3, 0.4) is 0 Å². The number of ether oxygens (including phenoxy) is 1. The van der Waals surface area contributed by atoms with Gasteiger partial charge >= 0.3 is 0 Å². The Morgan fingerprint density at radius 2 is 1.95 bits per heavy atom. The summed E-state index contributed by atoms with van der Waals surface area (Å²) in [6.45, 7) is 4.00. The molecule has 21 heavy (non-hydrogen) atoms. The van der Waals surface area contributed by atoms with E-state index in [9.17, 15) is 0 Å². The van der Waals surface area contributed by atoms with Crippen LogP contribution >= 0.6 is 0 Å². The van der Waals surface area contributed by atoms with Crippen LogP contribution in [0.1, 0.15) is 31.2 Å². The zero-order valence-electron chi connectivity index (χ0n) is 12.6. The fourth-order valence-electron chi connectivity index (χ4n) is 3.35. The summed E-state index contributed by atoms with van der Waals surface area (Å²) in [7, 11) is 0. The van der Waals surface area contributed by atoms with E-state index in [0.29, 0.717) is 0 Å². The number of fused-ring (bicyclic) bond motifs is 1. The SMILES string of the molecule is c1cc(CNC2CC2)c2ccn(CC3CCOCC3)c2c1. The summed E-state index contributed by atoms with van der Waals surface area (Å²) in [6.07, 6.45) is 7.35. The maximum atomic E-state index is 5.47. The fourth-order valence-corrected chi connectivity index (χ4v) is 3.35. The molecular weight excluding hydrogens is 260 g/mol. The van der Waals surface area contributed by atoms with Crippen molar-refractivity contribution in [2.75, 3.05) is 13.2 Å². The van der Waals surface area contributed by atoms with Crippen molar-refractivity contribution in [3.05, 3.63) is 36.0 Å². The Bertz CT molecular complexity index is 609. The molecule has 1 saturated heterocycles. The van der Waals surface area contributed by atoms with Gasteiger partial charge in [0.1, 0.15) is 0 Å². The molecule has 0 spiro atoms. The third kappa shape index (κ3) is 2.99. The lowest BCUT2D eigenvalue weighted by Crippen LogP contribution is -2.20. The van der Waals surface area contributed by atoms with Crippen LogP contribution < -0.4 is 5.32 Å². The third-order valence-corrected chi connectivity index (χ3v) is 4.86. The maximum Gasteiger partial charge on any atom is 0.0483 e. The minimum atomic E-state index is 0.766. The van der Waals surface area contributed by atoms with E-state index in [1.54, 1.807) is 0 Å². The number of hydrogen-bond acceptors (Lipinski definition) is 2. The van der Waals surface area contributed by atoms with E-state index in [1.165, 1.54) is 42.1 Å². The number of rotatable bonds is 5. The lowest BCUT2D eigenvalue weighted by Gasteiger charge is -2.22. The third-order valence-electron chi connectivity index (χ3n) is 4.86. The number of nitrogens with zero attached hydrogens (tertiary/aromatic N) is 1. The van der Waals surface area contributed by atoms with Crippen molar-refractivity contribution in [2.45, 2.75) is 44.8 Å². The summed E-state index contributed by atoms with van der Waals surface area (Å²) in [6, 6.07) is 9.78. The van der Waals surface area contributed by atoms with Crippen molar-refractivity contribution >= 4 is 10.9 Å². The molecule has 1 aliphatic heterocycles. The van der Waals surface area contributed by atoms with Gasteiger partial charge < -0.3 is 14.6 Å². The molecule has 3 nitrogen and oxygen atoms in total. The predicted octanol–water partition coefficient (Wildman–Crippen LogP) is 3.32. The number of hydrogen-bond donors (Lipinski definition) is 1. The molecule has 2 aliphatic rings. The van der Waals surface area contributed by atoms with Crippen molar-refractivity contribution in [1.29, 1.82) is 0 Å². The van der Waals surface area contributed by atoms with E-state index < -0.39 is 0 Å². The monoisotopic (exact) mass is 284 g/mol. The molecule has 1 saturated carbocycles. The second-order valence-electron chi connectivity index (χ2n) is 6.53. The van der Waals surface area contributed by atoms with Crippen molar-refractivity contribution in [3.8, 4) is 0 Å². The van der Waals surface area contributed by atoms with Gasteiger partial charge in [-0.3, -0.25) is 0 Å². The Morgan fingerprint density at radius 1 is 1.10 bits per heavy atom. The maximum absolute atomic E-state index is 5.47. The van der Waals surface area contributed by atoms with Gasteiger partial charge in [0.2, 0.25) is 0 Å². The van der Waals surface area contributed by atoms with Gasteiger partial charge in [0.05, 0.1) is 0 Å². The van der Waals surface area contributed by atoms with Crippen molar-refractivity contribution in [3.63, 3.8) is 0 Å². The molecular formula is C18H24N2O. The van der Waals surface area contributed by atoms with E-state index >= 15 is 0 Å². The Labute approximate surface area is 126 Å². The molecule has 2 fully saturated rings. The molecule has 0 radical (unpaired) electrons. The average molecular weight is 284 g/mol.